The van der Waals surface area contributed by atoms with E-state index >= 15 is 0 Å². The lowest BCUT2D eigenvalue weighted by Crippen LogP contribution is -2.39. The van der Waals surface area contributed by atoms with Crippen LogP contribution in [0.15, 0.2) is 29.1 Å². The Morgan fingerprint density at radius 1 is 1.22 bits per heavy atom. The molecule has 0 spiro atoms. The lowest BCUT2D eigenvalue weighted by Gasteiger charge is -2.12. The van der Waals surface area contributed by atoms with Crippen LogP contribution >= 0.6 is 0 Å². The molecule has 0 fully saturated rings. The Labute approximate surface area is 136 Å². The SMILES string of the molecule is CCCCCCNC(=O)n1c(=O)c2ccccc2n1CCOC. The van der Waals surface area contributed by atoms with E-state index in [0.29, 0.717) is 25.1 Å². The molecule has 1 N–H and O–H groups in total. The normalized spacial score (nSPS) is 11.0. The largest absolute Gasteiger partial charge is 0.383 e. The van der Waals surface area contributed by atoms with E-state index in [-0.39, 0.29) is 11.6 Å². The average Bonchev–Trinajstić information content (AvgIpc) is 2.85. The molecule has 0 unspecified atom stereocenters. The van der Waals surface area contributed by atoms with E-state index in [4.69, 9.17) is 4.74 Å². The molecule has 0 bridgehead atoms. The monoisotopic (exact) mass is 319 g/mol. The highest BCUT2D eigenvalue weighted by molar-refractivity contribution is 5.85. The summed E-state index contributed by atoms with van der Waals surface area (Å²) in [5.41, 5.74) is 0.457. The molecule has 1 aromatic carbocycles. The van der Waals surface area contributed by atoms with E-state index in [0.717, 1.165) is 31.2 Å². The third-order valence-corrected chi connectivity index (χ3v) is 3.85. The number of nitrogens with one attached hydrogen (secondary N) is 1. The van der Waals surface area contributed by atoms with Crippen LogP contribution in [0.25, 0.3) is 10.9 Å². The Hall–Kier alpha value is -2.08. The minimum absolute atomic E-state index is 0.289. The van der Waals surface area contributed by atoms with Gasteiger partial charge in [-0.15, -0.1) is 0 Å². The van der Waals surface area contributed by atoms with Gasteiger partial charge in [-0.1, -0.05) is 38.3 Å². The summed E-state index contributed by atoms with van der Waals surface area (Å²) in [6.07, 6.45) is 4.31. The molecule has 0 aliphatic heterocycles. The highest BCUT2D eigenvalue weighted by atomic mass is 16.5. The van der Waals surface area contributed by atoms with E-state index < -0.39 is 0 Å². The van der Waals surface area contributed by atoms with Gasteiger partial charge < -0.3 is 10.1 Å². The van der Waals surface area contributed by atoms with Crippen molar-refractivity contribution in [1.82, 2.24) is 14.7 Å². The molecular formula is C17H25N3O3. The number of nitrogens with zero attached hydrogens (tertiary/aromatic N) is 2. The first-order valence-corrected chi connectivity index (χ1v) is 8.18. The molecule has 23 heavy (non-hydrogen) atoms. The molecule has 0 saturated carbocycles. The Kier molecular flexibility index (Phi) is 6.40. The number of hydrogen-bond donors (Lipinski definition) is 1. The van der Waals surface area contributed by atoms with Gasteiger partial charge in [0.25, 0.3) is 5.56 Å². The lowest BCUT2D eigenvalue weighted by atomic mass is 10.2. The third-order valence-electron chi connectivity index (χ3n) is 3.85. The maximum Gasteiger partial charge on any atom is 0.343 e. The smallest absolute Gasteiger partial charge is 0.343 e. The van der Waals surface area contributed by atoms with Gasteiger partial charge in [0.2, 0.25) is 0 Å². The predicted molar refractivity (Wildman–Crippen MR) is 91.0 cm³/mol. The van der Waals surface area contributed by atoms with Gasteiger partial charge >= 0.3 is 6.03 Å². The maximum atomic E-state index is 12.5. The van der Waals surface area contributed by atoms with E-state index in [2.05, 4.69) is 12.2 Å². The van der Waals surface area contributed by atoms with Crippen LogP contribution in [0.4, 0.5) is 4.79 Å². The van der Waals surface area contributed by atoms with Crippen LogP contribution in [-0.2, 0) is 11.3 Å². The highest BCUT2D eigenvalue weighted by Crippen LogP contribution is 2.11. The topological polar surface area (TPSA) is 65.3 Å². The second-order valence-electron chi connectivity index (χ2n) is 5.54. The van der Waals surface area contributed by atoms with Gasteiger partial charge in [0, 0.05) is 13.7 Å². The number of carbonyl (C=O) groups is 1. The van der Waals surface area contributed by atoms with Crippen LogP contribution in [0.5, 0.6) is 0 Å². The first kappa shape index (κ1) is 17.3. The number of ether oxygens (including phenoxy) is 1. The number of hydrogen-bond acceptors (Lipinski definition) is 3. The number of unbranched alkanes of at least 4 members (excludes halogenated alkanes) is 3. The molecule has 1 aromatic heterocycles. The van der Waals surface area contributed by atoms with Crippen molar-refractivity contribution in [2.75, 3.05) is 20.3 Å². The zero-order valence-corrected chi connectivity index (χ0v) is 13.9. The molecule has 2 rings (SSSR count). The number of methoxy groups -OCH3 is 1. The number of fused-ring (bicyclic) bond motifs is 1. The van der Waals surface area contributed by atoms with E-state index in [9.17, 15) is 9.59 Å². The Morgan fingerprint density at radius 3 is 2.74 bits per heavy atom. The van der Waals surface area contributed by atoms with Gasteiger partial charge in [0.05, 0.1) is 24.1 Å². The van der Waals surface area contributed by atoms with Gasteiger partial charge in [-0.05, 0) is 18.6 Å². The van der Waals surface area contributed by atoms with Gasteiger partial charge in [-0.25, -0.2) is 4.79 Å². The molecule has 6 nitrogen and oxygen atoms in total. The summed E-state index contributed by atoms with van der Waals surface area (Å²) < 4.78 is 7.96. The van der Waals surface area contributed by atoms with Crippen molar-refractivity contribution in [2.45, 2.75) is 39.2 Å². The fourth-order valence-electron chi connectivity index (χ4n) is 2.63. The van der Waals surface area contributed by atoms with Crippen LogP contribution in [0.1, 0.15) is 32.6 Å². The second kappa shape index (κ2) is 8.53. The zero-order valence-electron chi connectivity index (χ0n) is 13.9. The Bertz CT molecular complexity index is 703. The van der Waals surface area contributed by atoms with Gasteiger partial charge in [-0.2, -0.15) is 4.68 Å². The van der Waals surface area contributed by atoms with Gasteiger partial charge in [0.1, 0.15) is 0 Å². The molecular weight excluding hydrogens is 294 g/mol. The summed E-state index contributed by atoms with van der Waals surface area (Å²) >= 11 is 0. The number of aromatic nitrogens is 2. The molecule has 0 saturated heterocycles. The number of rotatable bonds is 8. The minimum Gasteiger partial charge on any atom is -0.383 e. The van der Waals surface area contributed by atoms with Crippen LogP contribution in [-0.4, -0.2) is 35.7 Å². The summed E-state index contributed by atoms with van der Waals surface area (Å²) in [6, 6.07) is 6.87. The second-order valence-corrected chi connectivity index (χ2v) is 5.54. The number of amides is 1. The highest BCUT2D eigenvalue weighted by Gasteiger charge is 2.17. The minimum atomic E-state index is -0.376. The molecule has 1 heterocycles. The third kappa shape index (κ3) is 4.01. The lowest BCUT2D eigenvalue weighted by molar-refractivity contribution is 0.179. The van der Waals surface area contributed by atoms with Crippen molar-refractivity contribution in [3.8, 4) is 0 Å². The van der Waals surface area contributed by atoms with E-state index in [1.54, 1.807) is 23.9 Å². The molecule has 1 amide bonds. The van der Waals surface area contributed by atoms with Crippen LogP contribution in [0.2, 0.25) is 0 Å². The molecule has 0 aliphatic carbocycles. The number of benzene rings is 1. The summed E-state index contributed by atoms with van der Waals surface area (Å²) in [4.78, 5) is 25.0. The zero-order chi connectivity index (χ0) is 16.7. The van der Waals surface area contributed by atoms with E-state index in [1.165, 1.54) is 4.68 Å². The van der Waals surface area contributed by atoms with Crippen molar-refractivity contribution in [2.24, 2.45) is 0 Å². The molecule has 0 atom stereocenters. The Morgan fingerprint density at radius 2 is 2.00 bits per heavy atom. The van der Waals surface area contributed by atoms with Crippen LogP contribution in [0, 0.1) is 0 Å². The fraction of sp³-hybridized carbons (Fsp3) is 0.529. The summed E-state index contributed by atoms with van der Waals surface area (Å²) in [6.45, 7) is 3.61. The van der Waals surface area contributed by atoms with Crippen LogP contribution in [0.3, 0.4) is 0 Å². The van der Waals surface area contributed by atoms with Crippen molar-refractivity contribution < 1.29 is 9.53 Å². The van der Waals surface area contributed by atoms with Crippen molar-refractivity contribution in [3.63, 3.8) is 0 Å². The van der Waals surface area contributed by atoms with Gasteiger partial charge in [-0.3, -0.25) is 9.48 Å². The molecule has 2 aromatic rings. The van der Waals surface area contributed by atoms with Crippen molar-refractivity contribution >= 4 is 16.9 Å². The predicted octanol–water partition coefficient (Wildman–Crippen LogP) is 2.59. The molecule has 0 aliphatic rings. The van der Waals surface area contributed by atoms with Crippen molar-refractivity contribution in [1.29, 1.82) is 0 Å². The standard InChI is InChI=1S/C17H25N3O3/c1-3-4-5-8-11-18-17(22)20-16(21)14-9-6-7-10-15(14)19(20)12-13-23-2/h6-7,9-10H,3-5,8,11-13H2,1-2H3,(H,18,22). The molecule has 0 radical (unpaired) electrons. The first-order chi connectivity index (χ1) is 11.2. The number of carbonyl (C=O) groups excluding carboxylic acids is 1. The number of para-hydroxylation sites is 1. The first-order valence-electron chi connectivity index (χ1n) is 8.18. The van der Waals surface area contributed by atoms with Crippen molar-refractivity contribution in [3.05, 3.63) is 34.6 Å². The Balaban J connectivity index is 2.22. The maximum absolute atomic E-state index is 12.5. The van der Waals surface area contributed by atoms with Gasteiger partial charge in [0.15, 0.2) is 0 Å². The molecule has 6 heteroatoms. The summed E-state index contributed by atoms with van der Waals surface area (Å²) in [5.74, 6) is 0. The average molecular weight is 319 g/mol. The summed E-state index contributed by atoms with van der Waals surface area (Å²) in [7, 11) is 1.60. The van der Waals surface area contributed by atoms with Crippen LogP contribution < -0.4 is 10.9 Å². The fourth-order valence-corrected chi connectivity index (χ4v) is 2.63. The summed E-state index contributed by atoms with van der Waals surface area (Å²) in [5, 5.41) is 3.38. The quantitative estimate of drug-likeness (QED) is 0.761. The molecule has 126 valence electrons. The van der Waals surface area contributed by atoms with E-state index in [1.807, 2.05) is 12.1 Å².